The first-order valence-corrected chi connectivity index (χ1v) is 12.5. The third kappa shape index (κ3) is 3.24. The predicted octanol–water partition coefficient (Wildman–Crippen LogP) is 2.99. The Morgan fingerprint density at radius 3 is 2.00 bits per heavy atom. The molecule has 0 fully saturated rings. The Bertz CT molecular complexity index is 319. The first kappa shape index (κ1) is 15.0. The molecule has 98 valence electrons. The molecule has 0 aromatic carbocycles. The van der Waals surface area contributed by atoms with E-state index in [1.54, 1.807) is 0 Å². The first-order valence-electron chi connectivity index (χ1n) is 6.34. The molecule has 4 heteroatoms. The van der Waals surface area contributed by atoms with Crippen molar-refractivity contribution < 1.29 is 17.5 Å². The van der Waals surface area contributed by atoms with Crippen LogP contribution in [0.5, 0.6) is 0 Å². The molecule has 0 atom stereocenters. The van der Waals surface area contributed by atoms with E-state index < -0.39 is 17.5 Å². The number of allylic oxidation sites excluding steroid dienone is 4. The van der Waals surface area contributed by atoms with E-state index in [-0.39, 0.29) is 0 Å². The molecule has 1 aliphatic rings. The van der Waals surface area contributed by atoms with Gasteiger partial charge in [0, 0.05) is 0 Å². The van der Waals surface area contributed by atoms with Crippen LogP contribution < -0.4 is 0 Å². The molecule has 3 nitrogen and oxygen atoms in total. The summed E-state index contributed by atoms with van der Waals surface area (Å²) in [6.45, 7) is 3.25. The van der Waals surface area contributed by atoms with Gasteiger partial charge in [-0.1, -0.05) is 0 Å². The summed E-state index contributed by atoms with van der Waals surface area (Å²) in [6, 6.07) is 0. The number of nitrogens with zero attached hydrogens (tertiary/aromatic N) is 3. The van der Waals surface area contributed by atoms with Crippen molar-refractivity contribution in [1.82, 2.24) is 6.61 Å². The number of rotatable bonds is 6. The average molecular weight is 405 g/mol. The minimum atomic E-state index is -2.86. The molecule has 0 amide bonds. The van der Waals surface area contributed by atoms with Crippen LogP contribution in [0, 0.1) is 0 Å². The van der Waals surface area contributed by atoms with Gasteiger partial charge in [0.05, 0.1) is 0 Å². The molecule has 0 spiro atoms. The van der Waals surface area contributed by atoms with Crippen LogP contribution in [0.3, 0.4) is 0 Å². The van der Waals surface area contributed by atoms with E-state index in [1.165, 1.54) is 12.8 Å². The van der Waals surface area contributed by atoms with Crippen LogP contribution in [0.15, 0.2) is 27.6 Å². The standard InChI is InChI=1S/C5H5.C4H9N.2C2H6N.Ta/c1-2-4-5-3-1;1-2-3-4-5;2*1-3-2;/h1-5H;2-4H2,1H3;2*1-2H3;/q;;2*-1;+2. The Hall–Kier alpha value is -0.0597. The molecule has 0 saturated heterocycles. The van der Waals surface area contributed by atoms with Crippen molar-refractivity contribution in [3.05, 3.63) is 24.3 Å². The van der Waals surface area contributed by atoms with Crippen molar-refractivity contribution in [2.45, 2.75) is 23.9 Å². The molecule has 0 radical (unpaired) electrons. The SMILES string of the molecule is CCCC[N]=[Ta]([CH]1C=CC=C1)([N](C)C)[N](C)C. The van der Waals surface area contributed by atoms with Crippen LogP contribution in [-0.4, -0.2) is 41.3 Å². The Kier molecular flexibility index (Phi) is 5.97. The van der Waals surface area contributed by atoms with Crippen LogP contribution in [0.4, 0.5) is 0 Å². The summed E-state index contributed by atoms with van der Waals surface area (Å²) in [4.78, 5) is 0. The Morgan fingerprint density at radius 2 is 1.59 bits per heavy atom. The van der Waals surface area contributed by atoms with Crippen molar-refractivity contribution in [2.24, 2.45) is 3.34 Å². The molecule has 1 aliphatic carbocycles. The fourth-order valence-corrected chi connectivity index (χ4v) is 15.1. The van der Waals surface area contributed by atoms with E-state index in [0.29, 0.717) is 4.14 Å². The van der Waals surface area contributed by atoms with Gasteiger partial charge in [-0.25, -0.2) is 0 Å². The quantitative estimate of drug-likeness (QED) is 0.633. The second-order valence-electron chi connectivity index (χ2n) is 4.79. The van der Waals surface area contributed by atoms with Crippen LogP contribution >= 0.6 is 0 Å². The number of hydrogen-bond acceptors (Lipinski definition) is 1. The zero-order chi connectivity index (χ0) is 12.9. The Morgan fingerprint density at radius 1 is 1.06 bits per heavy atom. The van der Waals surface area contributed by atoms with E-state index in [4.69, 9.17) is 3.34 Å². The maximum absolute atomic E-state index is 5.19. The average Bonchev–Trinajstić information content (AvgIpc) is 2.77. The van der Waals surface area contributed by atoms with Crippen LogP contribution in [0.1, 0.15) is 19.8 Å². The summed E-state index contributed by atoms with van der Waals surface area (Å²) in [5.74, 6) is 0. The van der Waals surface area contributed by atoms with Gasteiger partial charge in [-0.2, -0.15) is 0 Å². The second-order valence-corrected chi connectivity index (χ2v) is 18.1. The van der Waals surface area contributed by atoms with Gasteiger partial charge in [0.1, 0.15) is 0 Å². The van der Waals surface area contributed by atoms with Crippen LogP contribution in [-0.2, 0) is 17.5 Å². The van der Waals surface area contributed by atoms with Crippen LogP contribution in [0.25, 0.3) is 0 Å². The summed E-state index contributed by atoms with van der Waals surface area (Å²) in [7, 11) is 8.81. The van der Waals surface area contributed by atoms with Gasteiger partial charge in [-0.05, 0) is 0 Å². The van der Waals surface area contributed by atoms with Gasteiger partial charge in [0.2, 0.25) is 0 Å². The van der Waals surface area contributed by atoms with Gasteiger partial charge in [0.15, 0.2) is 0 Å². The normalized spacial score (nSPS) is 16.4. The van der Waals surface area contributed by atoms with Gasteiger partial charge >= 0.3 is 110 Å². The molecular weight excluding hydrogens is 379 g/mol. The molecule has 17 heavy (non-hydrogen) atoms. The molecular formula is C13H26N3Ta. The van der Waals surface area contributed by atoms with Gasteiger partial charge in [-0.15, -0.1) is 0 Å². The fraction of sp³-hybridized carbons (Fsp3) is 0.692. The molecule has 0 unspecified atom stereocenters. The minimum absolute atomic E-state index is 0.553. The van der Waals surface area contributed by atoms with E-state index in [2.05, 4.69) is 66.0 Å². The van der Waals surface area contributed by atoms with E-state index >= 15 is 0 Å². The van der Waals surface area contributed by atoms with Crippen molar-refractivity contribution in [2.75, 3.05) is 34.7 Å². The zero-order valence-corrected chi connectivity index (χ0v) is 15.0. The third-order valence-electron chi connectivity index (χ3n) is 3.12. The molecule has 0 bridgehead atoms. The summed E-state index contributed by atoms with van der Waals surface area (Å²) in [5, 5.41) is 0. The van der Waals surface area contributed by atoms with Crippen molar-refractivity contribution >= 4 is 0 Å². The van der Waals surface area contributed by atoms with Crippen molar-refractivity contribution in [3.63, 3.8) is 0 Å². The molecule has 0 aliphatic heterocycles. The first-order chi connectivity index (χ1) is 8.05. The van der Waals surface area contributed by atoms with E-state index in [1.807, 2.05) is 0 Å². The zero-order valence-electron chi connectivity index (χ0n) is 11.8. The van der Waals surface area contributed by atoms with Crippen molar-refractivity contribution in [1.29, 1.82) is 0 Å². The molecule has 0 N–H and O–H groups in total. The third-order valence-corrected chi connectivity index (χ3v) is 17.9. The molecule has 0 aromatic heterocycles. The summed E-state index contributed by atoms with van der Waals surface area (Å²) >= 11 is -2.86. The number of hydrogen-bond donors (Lipinski definition) is 0. The monoisotopic (exact) mass is 405 g/mol. The summed E-state index contributed by atoms with van der Waals surface area (Å²) in [5.41, 5.74) is 0. The topological polar surface area (TPSA) is 18.8 Å². The Labute approximate surface area is 110 Å². The van der Waals surface area contributed by atoms with E-state index in [0.717, 1.165) is 6.54 Å². The second kappa shape index (κ2) is 6.76. The van der Waals surface area contributed by atoms with Gasteiger partial charge < -0.3 is 0 Å². The summed E-state index contributed by atoms with van der Waals surface area (Å²) in [6.07, 6.45) is 11.4. The maximum atomic E-state index is 5.19. The van der Waals surface area contributed by atoms with Gasteiger partial charge in [0.25, 0.3) is 0 Å². The molecule has 0 aromatic rings. The number of unbranched alkanes of at least 4 members (excludes halogenated alkanes) is 1. The summed E-state index contributed by atoms with van der Waals surface area (Å²) < 4.78 is 10.6. The van der Waals surface area contributed by atoms with E-state index in [9.17, 15) is 0 Å². The van der Waals surface area contributed by atoms with Crippen molar-refractivity contribution in [3.8, 4) is 0 Å². The predicted molar refractivity (Wildman–Crippen MR) is 71.6 cm³/mol. The Balaban J connectivity index is 3.08. The molecule has 1 rings (SSSR count). The molecule has 0 saturated carbocycles. The van der Waals surface area contributed by atoms with Crippen LogP contribution in [0.2, 0.25) is 4.14 Å². The van der Waals surface area contributed by atoms with Gasteiger partial charge in [-0.3, -0.25) is 0 Å². The fourth-order valence-electron chi connectivity index (χ4n) is 2.27. The molecule has 0 heterocycles.